The molecular weight excluding hydrogens is 250 g/mol. The van der Waals surface area contributed by atoms with E-state index in [0.717, 1.165) is 25.8 Å². The third-order valence-electron chi connectivity index (χ3n) is 5.24. The Kier molecular flexibility index (Phi) is 5.32. The Bertz CT molecular complexity index is 299. The second-order valence-electron chi connectivity index (χ2n) is 6.80. The normalized spacial score (nSPS) is 36.1. The minimum atomic E-state index is 0.581. The van der Waals surface area contributed by atoms with E-state index in [0.29, 0.717) is 12.0 Å². The van der Waals surface area contributed by atoms with E-state index < -0.39 is 0 Å². The van der Waals surface area contributed by atoms with Gasteiger partial charge < -0.3 is 15.0 Å². The van der Waals surface area contributed by atoms with Crippen LogP contribution >= 0.6 is 0 Å². The summed E-state index contributed by atoms with van der Waals surface area (Å²) in [6, 6.07) is 1.42. The maximum atomic E-state index is 5.73. The first kappa shape index (κ1) is 14.8. The summed E-state index contributed by atoms with van der Waals surface area (Å²) >= 11 is 0. The van der Waals surface area contributed by atoms with Crippen LogP contribution in [0, 0.1) is 5.92 Å². The number of nitrogens with one attached hydrogen (secondary N) is 1. The summed E-state index contributed by atoms with van der Waals surface area (Å²) in [6.07, 6.45) is 5.38. The van der Waals surface area contributed by atoms with E-state index in [2.05, 4.69) is 22.0 Å². The second-order valence-corrected chi connectivity index (χ2v) is 6.80. The molecule has 3 atom stereocenters. The highest BCUT2D eigenvalue weighted by atomic mass is 16.5. The molecule has 20 heavy (non-hydrogen) atoms. The van der Waals surface area contributed by atoms with Crippen LogP contribution in [0.4, 0.5) is 0 Å². The van der Waals surface area contributed by atoms with E-state index >= 15 is 0 Å². The van der Waals surface area contributed by atoms with Crippen LogP contribution in [0.15, 0.2) is 0 Å². The molecular formula is C16H31N3O. The van der Waals surface area contributed by atoms with Gasteiger partial charge in [-0.15, -0.1) is 0 Å². The first-order chi connectivity index (χ1) is 9.86. The fourth-order valence-corrected chi connectivity index (χ4v) is 4.11. The van der Waals surface area contributed by atoms with Crippen LogP contribution < -0.4 is 5.32 Å². The van der Waals surface area contributed by atoms with Crippen molar-refractivity contribution in [3.63, 3.8) is 0 Å². The van der Waals surface area contributed by atoms with Crippen molar-refractivity contribution in [3.8, 4) is 0 Å². The number of fused-ring (bicyclic) bond motifs is 1. The molecule has 4 heteroatoms. The van der Waals surface area contributed by atoms with Gasteiger partial charge in [0.05, 0.1) is 13.2 Å². The number of hydrogen-bond acceptors (Lipinski definition) is 4. The predicted molar refractivity (Wildman–Crippen MR) is 82.0 cm³/mol. The minimum absolute atomic E-state index is 0.581. The summed E-state index contributed by atoms with van der Waals surface area (Å²) in [7, 11) is 0. The van der Waals surface area contributed by atoms with Crippen molar-refractivity contribution in [3.05, 3.63) is 0 Å². The molecule has 4 nitrogen and oxygen atoms in total. The number of ether oxygens (including phenoxy) is 1. The largest absolute Gasteiger partial charge is 0.379 e. The summed E-state index contributed by atoms with van der Waals surface area (Å²) in [4.78, 5) is 5.44. The standard InChI is InChI=1S/C16H31N3O/c1-2-6-17-16-13-20-12-14(16)10-18-7-4-9-19-8-3-5-15(19)11-18/h14-17H,2-13H2,1H3. The van der Waals surface area contributed by atoms with Crippen molar-refractivity contribution >= 4 is 0 Å². The van der Waals surface area contributed by atoms with Crippen LogP contribution in [0.3, 0.4) is 0 Å². The molecule has 0 spiro atoms. The van der Waals surface area contributed by atoms with Crippen LogP contribution in [0.25, 0.3) is 0 Å². The van der Waals surface area contributed by atoms with Crippen LogP contribution in [-0.4, -0.2) is 74.4 Å². The third-order valence-corrected chi connectivity index (χ3v) is 5.24. The first-order valence-corrected chi connectivity index (χ1v) is 8.64. The SMILES string of the molecule is CCCNC1COCC1CN1CCCN2CCCC2C1. The van der Waals surface area contributed by atoms with Gasteiger partial charge in [-0.2, -0.15) is 0 Å². The van der Waals surface area contributed by atoms with Crippen molar-refractivity contribution in [2.75, 3.05) is 52.5 Å². The molecule has 3 aliphatic rings. The average molecular weight is 281 g/mol. The topological polar surface area (TPSA) is 27.7 Å². The minimum Gasteiger partial charge on any atom is -0.379 e. The van der Waals surface area contributed by atoms with E-state index in [1.54, 1.807) is 0 Å². The average Bonchev–Trinajstić information content (AvgIpc) is 3.03. The Morgan fingerprint density at radius 1 is 1.15 bits per heavy atom. The Balaban J connectivity index is 1.51. The number of rotatable bonds is 5. The Morgan fingerprint density at radius 3 is 2.95 bits per heavy atom. The Labute approximate surface area is 123 Å². The van der Waals surface area contributed by atoms with Crippen molar-refractivity contribution < 1.29 is 4.74 Å². The van der Waals surface area contributed by atoms with Crippen LogP contribution in [-0.2, 0) is 4.74 Å². The van der Waals surface area contributed by atoms with Gasteiger partial charge >= 0.3 is 0 Å². The lowest BCUT2D eigenvalue weighted by Crippen LogP contribution is -2.44. The molecule has 0 radical (unpaired) electrons. The van der Waals surface area contributed by atoms with Gasteiger partial charge in [0.25, 0.3) is 0 Å². The molecule has 0 amide bonds. The summed E-state index contributed by atoms with van der Waals surface area (Å²) in [5, 5.41) is 3.67. The Morgan fingerprint density at radius 2 is 2.05 bits per heavy atom. The van der Waals surface area contributed by atoms with Crippen molar-refractivity contribution in [1.82, 2.24) is 15.1 Å². The van der Waals surface area contributed by atoms with Gasteiger partial charge in [0.15, 0.2) is 0 Å². The van der Waals surface area contributed by atoms with Crippen molar-refractivity contribution in [2.24, 2.45) is 5.92 Å². The fraction of sp³-hybridized carbons (Fsp3) is 1.00. The molecule has 3 heterocycles. The van der Waals surface area contributed by atoms with Gasteiger partial charge in [-0.3, -0.25) is 4.90 Å². The van der Waals surface area contributed by atoms with Gasteiger partial charge in [0.1, 0.15) is 0 Å². The fourth-order valence-electron chi connectivity index (χ4n) is 4.11. The lowest BCUT2D eigenvalue weighted by Gasteiger charge is -2.29. The smallest absolute Gasteiger partial charge is 0.0623 e. The highest BCUT2D eigenvalue weighted by Gasteiger charge is 2.33. The zero-order chi connectivity index (χ0) is 13.8. The van der Waals surface area contributed by atoms with Gasteiger partial charge in [0.2, 0.25) is 0 Å². The van der Waals surface area contributed by atoms with E-state index in [-0.39, 0.29) is 0 Å². The molecule has 1 N–H and O–H groups in total. The molecule has 116 valence electrons. The van der Waals surface area contributed by atoms with Crippen molar-refractivity contribution in [2.45, 2.75) is 44.7 Å². The van der Waals surface area contributed by atoms with Crippen LogP contribution in [0.2, 0.25) is 0 Å². The molecule has 0 aliphatic carbocycles. The van der Waals surface area contributed by atoms with Gasteiger partial charge in [-0.1, -0.05) is 6.92 Å². The zero-order valence-electron chi connectivity index (χ0n) is 13.0. The molecule has 0 aromatic rings. The first-order valence-electron chi connectivity index (χ1n) is 8.64. The van der Waals surface area contributed by atoms with E-state index in [9.17, 15) is 0 Å². The van der Waals surface area contributed by atoms with E-state index in [1.807, 2.05) is 0 Å². The second kappa shape index (κ2) is 7.21. The summed E-state index contributed by atoms with van der Waals surface area (Å²) in [6.45, 7) is 11.7. The number of nitrogens with zero attached hydrogens (tertiary/aromatic N) is 2. The lowest BCUT2D eigenvalue weighted by atomic mass is 10.0. The van der Waals surface area contributed by atoms with Crippen molar-refractivity contribution in [1.29, 1.82) is 0 Å². The lowest BCUT2D eigenvalue weighted by molar-refractivity contribution is 0.161. The van der Waals surface area contributed by atoms with Gasteiger partial charge in [0, 0.05) is 31.1 Å². The molecule has 0 aromatic heterocycles. The predicted octanol–water partition coefficient (Wildman–Crippen LogP) is 1.17. The molecule has 0 saturated carbocycles. The highest BCUT2D eigenvalue weighted by Crippen LogP contribution is 2.23. The quantitative estimate of drug-likeness (QED) is 0.819. The molecule has 0 aromatic carbocycles. The maximum absolute atomic E-state index is 5.73. The van der Waals surface area contributed by atoms with Gasteiger partial charge in [-0.25, -0.2) is 0 Å². The molecule has 3 saturated heterocycles. The third kappa shape index (κ3) is 3.53. The van der Waals surface area contributed by atoms with E-state index in [1.165, 1.54) is 58.4 Å². The molecule has 3 unspecified atom stereocenters. The zero-order valence-corrected chi connectivity index (χ0v) is 13.0. The maximum Gasteiger partial charge on any atom is 0.0623 e. The summed E-state index contributed by atoms with van der Waals surface area (Å²) < 4.78 is 5.73. The molecule has 3 fully saturated rings. The molecule has 3 rings (SSSR count). The Hall–Kier alpha value is -0.160. The molecule has 3 aliphatic heterocycles. The summed E-state index contributed by atoms with van der Waals surface area (Å²) in [5.74, 6) is 0.689. The van der Waals surface area contributed by atoms with Crippen LogP contribution in [0.1, 0.15) is 32.6 Å². The van der Waals surface area contributed by atoms with Gasteiger partial charge in [-0.05, 0) is 51.9 Å². The molecule has 0 bridgehead atoms. The van der Waals surface area contributed by atoms with Crippen LogP contribution in [0.5, 0.6) is 0 Å². The highest BCUT2D eigenvalue weighted by molar-refractivity contribution is 4.88. The number of hydrogen-bond donors (Lipinski definition) is 1. The van der Waals surface area contributed by atoms with E-state index in [4.69, 9.17) is 4.74 Å². The summed E-state index contributed by atoms with van der Waals surface area (Å²) in [5.41, 5.74) is 0. The monoisotopic (exact) mass is 281 g/mol.